The van der Waals surface area contributed by atoms with Crippen molar-refractivity contribution in [3.63, 3.8) is 0 Å². The van der Waals surface area contributed by atoms with Gasteiger partial charge in [0.15, 0.2) is 9.84 Å². The topological polar surface area (TPSA) is 89.3 Å². The molecule has 0 bridgehead atoms. The van der Waals surface area contributed by atoms with Crippen LogP contribution < -0.4 is 11.1 Å². The number of amides is 1. The number of sulfone groups is 1. The summed E-state index contributed by atoms with van der Waals surface area (Å²) in [5, 5.41) is 2.32. The molecule has 0 atom stereocenters. The zero-order valence-electron chi connectivity index (χ0n) is 9.73. The molecule has 18 heavy (non-hydrogen) atoms. The first-order chi connectivity index (χ1) is 8.22. The SMILES string of the molecule is CS(=O)(=O)c1ccc(F)c(NC(=O)C2(N)CC2)c1. The van der Waals surface area contributed by atoms with Crippen molar-refractivity contribution in [1.29, 1.82) is 0 Å². The Hall–Kier alpha value is -1.47. The lowest BCUT2D eigenvalue weighted by Gasteiger charge is -2.11. The molecule has 3 N–H and O–H groups in total. The normalized spacial score (nSPS) is 17.3. The number of anilines is 1. The van der Waals surface area contributed by atoms with Gasteiger partial charge in [0.25, 0.3) is 0 Å². The first kappa shape index (κ1) is 13.0. The van der Waals surface area contributed by atoms with Crippen LogP contribution in [-0.2, 0) is 14.6 Å². The van der Waals surface area contributed by atoms with Crippen molar-refractivity contribution in [2.24, 2.45) is 5.73 Å². The molecular formula is C11H13FN2O3S. The minimum atomic E-state index is -3.45. The molecule has 0 heterocycles. The van der Waals surface area contributed by atoms with Gasteiger partial charge in [0.1, 0.15) is 5.82 Å². The van der Waals surface area contributed by atoms with E-state index in [1.807, 2.05) is 0 Å². The van der Waals surface area contributed by atoms with Crippen molar-refractivity contribution in [3.05, 3.63) is 24.0 Å². The van der Waals surface area contributed by atoms with E-state index < -0.39 is 27.1 Å². The van der Waals surface area contributed by atoms with Gasteiger partial charge in [0.2, 0.25) is 5.91 Å². The lowest BCUT2D eigenvalue weighted by Crippen LogP contribution is -2.38. The number of carbonyl (C=O) groups is 1. The highest BCUT2D eigenvalue weighted by Gasteiger charge is 2.46. The van der Waals surface area contributed by atoms with Crippen molar-refractivity contribution in [3.8, 4) is 0 Å². The van der Waals surface area contributed by atoms with Crippen molar-refractivity contribution in [2.75, 3.05) is 11.6 Å². The Morgan fingerprint density at radius 2 is 2.06 bits per heavy atom. The van der Waals surface area contributed by atoms with Gasteiger partial charge in [0.05, 0.1) is 16.1 Å². The van der Waals surface area contributed by atoms with Crippen LogP contribution >= 0.6 is 0 Å². The van der Waals surface area contributed by atoms with Gasteiger partial charge in [-0.15, -0.1) is 0 Å². The van der Waals surface area contributed by atoms with E-state index in [0.717, 1.165) is 24.5 Å². The van der Waals surface area contributed by atoms with Crippen LogP contribution in [0.5, 0.6) is 0 Å². The molecule has 1 aliphatic rings. The summed E-state index contributed by atoms with van der Waals surface area (Å²) < 4.78 is 36.1. The predicted octanol–water partition coefficient (Wildman–Crippen LogP) is 0.659. The van der Waals surface area contributed by atoms with Gasteiger partial charge in [-0.2, -0.15) is 0 Å². The second kappa shape index (κ2) is 4.03. The standard InChI is InChI=1S/C11H13FN2O3S/c1-18(16,17)7-2-3-8(12)9(6-7)14-10(15)11(13)4-5-11/h2-3,6H,4-5,13H2,1H3,(H,14,15). The van der Waals surface area contributed by atoms with Gasteiger partial charge in [0, 0.05) is 6.26 Å². The molecule has 1 aromatic carbocycles. The quantitative estimate of drug-likeness (QED) is 0.791. The highest BCUT2D eigenvalue weighted by Crippen LogP contribution is 2.33. The maximum atomic E-state index is 13.5. The minimum Gasteiger partial charge on any atom is -0.322 e. The third kappa shape index (κ3) is 2.51. The van der Waals surface area contributed by atoms with Crippen LogP contribution in [0.25, 0.3) is 0 Å². The molecule has 1 fully saturated rings. The maximum absolute atomic E-state index is 13.5. The van der Waals surface area contributed by atoms with E-state index in [9.17, 15) is 17.6 Å². The Kier molecular flexibility index (Phi) is 2.90. The van der Waals surface area contributed by atoms with Crippen LogP contribution in [0.4, 0.5) is 10.1 Å². The summed E-state index contributed by atoms with van der Waals surface area (Å²) in [6.45, 7) is 0. The molecule has 7 heteroatoms. The molecule has 5 nitrogen and oxygen atoms in total. The number of hydrogen-bond acceptors (Lipinski definition) is 4. The molecule has 2 rings (SSSR count). The molecule has 0 radical (unpaired) electrons. The third-order valence-corrected chi connectivity index (χ3v) is 3.97. The number of nitrogens with two attached hydrogens (primary N) is 1. The molecular weight excluding hydrogens is 259 g/mol. The summed E-state index contributed by atoms with van der Waals surface area (Å²) in [4.78, 5) is 11.6. The summed E-state index contributed by atoms with van der Waals surface area (Å²) in [6, 6.07) is 3.24. The lowest BCUT2D eigenvalue weighted by molar-refractivity contribution is -0.118. The molecule has 0 unspecified atom stereocenters. The zero-order valence-corrected chi connectivity index (χ0v) is 10.6. The largest absolute Gasteiger partial charge is 0.322 e. The van der Waals surface area contributed by atoms with Gasteiger partial charge in [-0.3, -0.25) is 4.79 Å². The smallest absolute Gasteiger partial charge is 0.244 e. The zero-order chi connectivity index (χ0) is 13.6. The number of carbonyl (C=O) groups excluding carboxylic acids is 1. The number of nitrogens with one attached hydrogen (secondary N) is 1. The van der Waals surface area contributed by atoms with Gasteiger partial charge < -0.3 is 11.1 Å². The monoisotopic (exact) mass is 272 g/mol. The number of hydrogen-bond donors (Lipinski definition) is 2. The van der Waals surface area contributed by atoms with E-state index in [0.29, 0.717) is 12.8 Å². The summed E-state index contributed by atoms with van der Waals surface area (Å²) in [7, 11) is -3.45. The molecule has 0 spiro atoms. The molecule has 0 aromatic heterocycles. The molecule has 98 valence electrons. The molecule has 1 aromatic rings. The Balaban J connectivity index is 2.30. The van der Waals surface area contributed by atoms with Crippen molar-refractivity contribution < 1.29 is 17.6 Å². The van der Waals surface area contributed by atoms with Gasteiger partial charge in [-0.1, -0.05) is 0 Å². The fourth-order valence-electron chi connectivity index (χ4n) is 1.44. The Labute approximate surface area is 104 Å². The summed E-state index contributed by atoms with van der Waals surface area (Å²) >= 11 is 0. The van der Waals surface area contributed by atoms with Crippen LogP contribution in [0.15, 0.2) is 23.1 Å². The van der Waals surface area contributed by atoms with E-state index in [-0.39, 0.29) is 10.6 Å². The number of rotatable bonds is 3. The molecule has 1 saturated carbocycles. The minimum absolute atomic E-state index is 0.0546. The van der Waals surface area contributed by atoms with Crippen LogP contribution in [0, 0.1) is 5.82 Å². The van der Waals surface area contributed by atoms with Crippen LogP contribution in [0.1, 0.15) is 12.8 Å². The maximum Gasteiger partial charge on any atom is 0.244 e. The lowest BCUT2D eigenvalue weighted by atomic mass is 10.2. The average molecular weight is 272 g/mol. The van der Waals surface area contributed by atoms with E-state index in [1.165, 1.54) is 0 Å². The Morgan fingerprint density at radius 1 is 1.44 bits per heavy atom. The van der Waals surface area contributed by atoms with E-state index in [1.54, 1.807) is 0 Å². The average Bonchev–Trinajstić information content (AvgIpc) is 2.99. The second-order valence-corrected chi connectivity index (χ2v) is 6.54. The molecule has 0 aliphatic heterocycles. The van der Waals surface area contributed by atoms with Crippen LogP contribution in [-0.4, -0.2) is 26.1 Å². The Morgan fingerprint density at radius 3 is 2.56 bits per heavy atom. The summed E-state index contributed by atoms with van der Waals surface area (Å²) in [5.74, 6) is -1.19. The van der Waals surface area contributed by atoms with Crippen LogP contribution in [0.3, 0.4) is 0 Å². The number of benzene rings is 1. The molecule has 0 saturated heterocycles. The molecule has 1 amide bonds. The van der Waals surface area contributed by atoms with Crippen LogP contribution in [0.2, 0.25) is 0 Å². The van der Waals surface area contributed by atoms with Gasteiger partial charge in [-0.25, -0.2) is 12.8 Å². The highest BCUT2D eigenvalue weighted by molar-refractivity contribution is 7.90. The summed E-state index contributed by atoms with van der Waals surface area (Å²) in [5.41, 5.74) is 4.56. The fourth-order valence-corrected chi connectivity index (χ4v) is 2.09. The van der Waals surface area contributed by atoms with Crippen molar-refractivity contribution >= 4 is 21.4 Å². The van der Waals surface area contributed by atoms with Gasteiger partial charge >= 0.3 is 0 Å². The second-order valence-electron chi connectivity index (χ2n) is 4.52. The first-order valence-electron chi connectivity index (χ1n) is 5.32. The number of halogens is 1. The summed E-state index contributed by atoms with van der Waals surface area (Å²) in [6.07, 6.45) is 2.11. The van der Waals surface area contributed by atoms with Crippen molar-refractivity contribution in [2.45, 2.75) is 23.3 Å². The fraction of sp³-hybridized carbons (Fsp3) is 0.364. The van der Waals surface area contributed by atoms with Gasteiger partial charge in [-0.05, 0) is 31.0 Å². The van der Waals surface area contributed by atoms with E-state index >= 15 is 0 Å². The third-order valence-electron chi connectivity index (χ3n) is 2.86. The highest BCUT2D eigenvalue weighted by atomic mass is 32.2. The van der Waals surface area contributed by atoms with E-state index in [4.69, 9.17) is 5.73 Å². The molecule has 1 aliphatic carbocycles. The van der Waals surface area contributed by atoms with E-state index in [2.05, 4.69) is 5.32 Å². The first-order valence-corrected chi connectivity index (χ1v) is 7.21. The Bertz CT molecular complexity index is 609. The van der Waals surface area contributed by atoms with Crippen molar-refractivity contribution in [1.82, 2.24) is 0 Å². The predicted molar refractivity (Wildman–Crippen MR) is 64.3 cm³/mol.